The number of hydrogen-bond acceptors (Lipinski definition) is 3. The van der Waals surface area contributed by atoms with Gasteiger partial charge in [0, 0.05) is 5.92 Å². The molecule has 0 aliphatic heterocycles. The Balaban J connectivity index is 1.46. The molecule has 0 saturated heterocycles. The van der Waals surface area contributed by atoms with E-state index in [0.717, 1.165) is 24.0 Å². The third kappa shape index (κ3) is 4.07. The highest BCUT2D eigenvalue weighted by atomic mass is 16.5. The summed E-state index contributed by atoms with van der Waals surface area (Å²) in [5.41, 5.74) is 4.12. The van der Waals surface area contributed by atoms with Gasteiger partial charge in [0.05, 0.1) is 12.0 Å². The fraction of sp³-hybridized carbons (Fsp3) is 0.440. The Labute approximate surface area is 177 Å². The molecule has 158 valence electrons. The summed E-state index contributed by atoms with van der Waals surface area (Å²) in [6, 6.07) is 16.4. The van der Waals surface area contributed by atoms with E-state index in [2.05, 4.69) is 43.4 Å². The van der Waals surface area contributed by atoms with Crippen LogP contribution in [0.5, 0.6) is 0 Å². The largest absolute Gasteiger partial charge is 0.481 e. The van der Waals surface area contributed by atoms with Gasteiger partial charge in [-0.2, -0.15) is 0 Å². The van der Waals surface area contributed by atoms with Crippen LogP contribution in [0.2, 0.25) is 0 Å². The number of carbonyl (C=O) groups excluding carboxylic acids is 1. The molecule has 2 aliphatic rings. The van der Waals surface area contributed by atoms with Crippen LogP contribution in [0.15, 0.2) is 48.5 Å². The number of aliphatic carboxylic acids is 1. The molecule has 0 bridgehead atoms. The van der Waals surface area contributed by atoms with Crippen molar-refractivity contribution in [2.75, 3.05) is 6.61 Å². The van der Waals surface area contributed by atoms with Crippen molar-refractivity contribution in [3.63, 3.8) is 0 Å². The Kier molecular flexibility index (Phi) is 5.31. The molecule has 2 aromatic carbocycles. The van der Waals surface area contributed by atoms with Crippen molar-refractivity contribution in [2.24, 2.45) is 5.41 Å². The van der Waals surface area contributed by atoms with Crippen LogP contribution in [0.3, 0.4) is 0 Å². The summed E-state index contributed by atoms with van der Waals surface area (Å²) in [4.78, 5) is 24.2. The van der Waals surface area contributed by atoms with E-state index in [-0.39, 0.29) is 24.4 Å². The number of carboxylic acids is 1. The number of alkyl carbamates (subject to hydrolysis) is 1. The molecule has 30 heavy (non-hydrogen) atoms. The first-order chi connectivity index (χ1) is 14.3. The number of fused-ring (bicyclic) bond motifs is 3. The molecule has 1 saturated carbocycles. The smallest absolute Gasteiger partial charge is 0.407 e. The number of hydrogen-bond donors (Lipinski definition) is 2. The van der Waals surface area contributed by atoms with E-state index in [1.165, 1.54) is 11.1 Å². The van der Waals surface area contributed by atoms with Crippen molar-refractivity contribution >= 4 is 12.1 Å². The fourth-order valence-electron chi connectivity index (χ4n) is 4.89. The normalized spacial score (nSPS) is 18.9. The average molecular weight is 408 g/mol. The first-order valence-corrected chi connectivity index (χ1v) is 10.6. The van der Waals surface area contributed by atoms with Crippen molar-refractivity contribution in [1.82, 2.24) is 5.32 Å². The minimum Gasteiger partial charge on any atom is -0.481 e. The zero-order valence-electron chi connectivity index (χ0n) is 17.6. The molecule has 4 rings (SSSR count). The highest BCUT2D eigenvalue weighted by molar-refractivity contribution is 5.79. The number of ether oxygens (including phenoxy) is 1. The Hall–Kier alpha value is -2.82. The van der Waals surface area contributed by atoms with Gasteiger partial charge in [0.2, 0.25) is 0 Å². The van der Waals surface area contributed by atoms with Gasteiger partial charge in [0.25, 0.3) is 0 Å². The molecule has 2 aromatic rings. The van der Waals surface area contributed by atoms with Crippen molar-refractivity contribution < 1.29 is 19.4 Å². The van der Waals surface area contributed by atoms with Crippen molar-refractivity contribution in [1.29, 1.82) is 0 Å². The summed E-state index contributed by atoms with van der Waals surface area (Å²) in [6.45, 7) is 4.60. The van der Waals surface area contributed by atoms with E-state index >= 15 is 0 Å². The lowest BCUT2D eigenvalue weighted by Crippen LogP contribution is -2.53. The van der Waals surface area contributed by atoms with E-state index in [1.54, 1.807) is 0 Å². The van der Waals surface area contributed by atoms with Gasteiger partial charge in [-0.25, -0.2) is 4.79 Å². The summed E-state index contributed by atoms with van der Waals surface area (Å²) in [6.07, 6.45) is 2.45. The molecule has 0 unspecified atom stereocenters. The Morgan fingerprint density at radius 3 is 2.03 bits per heavy atom. The first-order valence-electron chi connectivity index (χ1n) is 10.6. The summed E-state index contributed by atoms with van der Waals surface area (Å²) >= 11 is 0. The van der Waals surface area contributed by atoms with E-state index in [0.29, 0.717) is 12.8 Å². The second-order valence-electron chi connectivity index (χ2n) is 9.47. The maximum Gasteiger partial charge on any atom is 0.407 e. The summed E-state index contributed by atoms with van der Waals surface area (Å²) in [5, 5.41) is 12.3. The summed E-state index contributed by atoms with van der Waals surface area (Å²) in [5.74, 6) is -0.905. The molecule has 2 N–H and O–H groups in total. The third-order valence-corrected chi connectivity index (χ3v) is 6.76. The van der Waals surface area contributed by atoms with Gasteiger partial charge < -0.3 is 15.2 Å². The molecular weight excluding hydrogens is 378 g/mol. The number of amides is 1. The number of benzene rings is 2. The Morgan fingerprint density at radius 1 is 0.967 bits per heavy atom. The second kappa shape index (κ2) is 7.78. The molecule has 1 amide bonds. The maximum absolute atomic E-state index is 12.7. The highest BCUT2D eigenvalue weighted by Gasteiger charge is 2.41. The van der Waals surface area contributed by atoms with Gasteiger partial charge in [0.1, 0.15) is 6.61 Å². The van der Waals surface area contributed by atoms with Crippen molar-refractivity contribution in [2.45, 2.75) is 57.4 Å². The SMILES string of the molecule is CC1(C)CCC(CC(=O)O)(NC(=O)OCC2c3ccccc3-c3ccccc32)CC1. The molecule has 0 radical (unpaired) electrons. The molecule has 5 heteroatoms. The highest BCUT2D eigenvalue weighted by Crippen LogP contribution is 2.45. The molecule has 0 atom stereocenters. The number of nitrogens with one attached hydrogen (secondary N) is 1. The lowest BCUT2D eigenvalue weighted by atomic mass is 9.68. The van der Waals surface area contributed by atoms with Crippen LogP contribution < -0.4 is 5.32 Å². The average Bonchev–Trinajstić information content (AvgIpc) is 3.02. The molecule has 0 aromatic heterocycles. The zero-order valence-corrected chi connectivity index (χ0v) is 17.6. The topological polar surface area (TPSA) is 75.6 Å². The summed E-state index contributed by atoms with van der Waals surface area (Å²) < 4.78 is 5.66. The van der Waals surface area contributed by atoms with Crippen LogP contribution in [0.4, 0.5) is 4.79 Å². The third-order valence-electron chi connectivity index (χ3n) is 6.76. The van der Waals surface area contributed by atoms with Crippen LogP contribution in [0.25, 0.3) is 11.1 Å². The standard InChI is InChI=1S/C25H29NO4/c1-24(2)11-13-25(14-12-24,15-22(27)28)26-23(29)30-16-21-19-9-5-3-7-17(19)18-8-4-6-10-20(18)21/h3-10,21H,11-16H2,1-2H3,(H,26,29)(H,27,28). The first kappa shape index (κ1) is 20.5. The van der Waals surface area contributed by atoms with Gasteiger partial charge in [-0.1, -0.05) is 62.4 Å². The molecule has 5 nitrogen and oxygen atoms in total. The van der Waals surface area contributed by atoms with E-state index in [9.17, 15) is 14.7 Å². The monoisotopic (exact) mass is 407 g/mol. The van der Waals surface area contributed by atoms with Gasteiger partial charge in [-0.3, -0.25) is 4.79 Å². The van der Waals surface area contributed by atoms with Crippen LogP contribution in [-0.2, 0) is 9.53 Å². The minimum atomic E-state index is -0.895. The Morgan fingerprint density at radius 2 is 1.50 bits per heavy atom. The number of carboxylic acid groups (broad SMARTS) is 1. The van der Waals surface area contributed by atoms with Crippen molar-refractivity contribution in [3.8, 4) is 11.1 Å². The number of rotatable bonds is 5. The Bertz CT molecular complexity index is 910. The lowest BCUT2D eigenvalue weighted by Gasteiger charge is -2.43. The predicted molar refractivity (Wildman–Crippen MR) is 115 cm³/mol. The van der Waals surface area contributed by atoms with E-state index < -0.39 is 17.6 Å². The molecular formula is C25H29NO4. The fourth-order valence-corrected chi connectivity index (χ4v) is 4.89. The molecule has 0 heterocycles. The van der Waals surface area contributed by atoms with Gasteiger partial charge in [-0.05, 0) is 53.4 Å². The van der Waals surface area contributed by atoms with Crippen LogP contribution in [0.1, 0.15) is 63.0 Å². The van der Waals surface area contributed by atoms with Crippen LogP contribution in [0, 0.1) is 5.41 Å². The number of carbonyl (C=O) groups is 2. The summed E-state index contributed by atoms with van der Waals surface area (Å²) in [7, 11) is 0. The maximum atomic E-state index is 12.7. The lowest BCUT2D eigenvalue weighted by molar-refractivity contribution is -0.139. The van der Waals surface area contributed by atoms with Gasteiger partial charge in [0.15, 0.2) is 0 Å². The van der Waals surface area contributed by atoms with Gasteiger partial charge in [-0.15, -0.1) is 0 Å². The van der Waals surface area contributed by atoms with Gasteiger partial charge >= 0.3 is 12.1 Å². The predicted octanol–water partition coefficient (Wildman–Crippen LogP) is 5.34. The quantitative estimate of drug-likeness (QED) is 0.702. The van der Waals surface area contributed by atoms with Crippen molar-refractivity contribution in [3.05, 3.63) is 59.7 Å². The zero-order chi connectivity index (χ0) is 21.4. The van der Waals surface area contributed by atoms with E-state index in [1.807, 2.05) is 24.3 Å². The minimum absolute atomic E-state index is 0.0103. The van der Waals surface area contributed by atoms with E-state index in [4.69, 9.17) is 4.74 Å². The molecule has 0 spiro atoms. The molecule has 2 aliphatic carbocycles. The van der Waals surface area contributed by atoms with Crippen LogP contribution >= 0.6 is 0 Å². The second-order valence-corrected chi connectivity index (χ2v) is 9.47. The molecule has 1 fully saturated rings. The van der Waals surface area contributed by atoms with Crippen LogP contribution in [-0.4, -0.2) is 29.3 Å².